The van der Waals surface area contributed by atoms with Gasteiger partial charge >= 0.3 is 0 Å². The van der Waals surface area contributed by atoms with E-state index >= 15 is 0 Å². The molecule has 7 unspecified atom stereocenters. The normalized spacial score (nSPS) is 20.0. The van der Waals surface area contributed by atoms with Crippen molar-refractivity contribution >= 4 is 5.91 Å². The van der Waals surface area contributed by atoms with E-state index in [2.05, 4.69) is 129 Å². The molecular weight excluding hydrogens is 911 g/mol. The molecular formula is C64H107NO8. The molecule has 0 bridgehead atoms. The summed E-state index contributed by atoms with van der Waals surface area (Å²) in [6.07, 6.45) is 71.2. The van der Waals surface area contributed by atoms with Crippen LogP contribution in [0.1, 0.15) is 219 Å². The van der Waals surface area contributed by atoms with E-state index in [-0.39, 0.29) is 12.5 Å². The summed E-state index contributed by atoms with van der Waals surface area (Å²) in [5.41, 5.74) is 0. The molecule has 0 saturated carbocycles. The van der Waals surface area contributed by atoms with Gasteiger partial charge < -0.3 is 40.3 Å². The molecule has 1 amide bonds. The molecule has 73 heavy (non-hydrogen) atoms. The van der Waals surface area contributed by atoms with Crippen LogP contribution in [-0.4, -0.2) is 87.5 Å². The zero-order valence-electron chi connectivity index (χ0n) is 46.1. The SMILES string of the molecule is CC/C=C\C/C=C\C/C=C\C/C=C\C/C=C\C/C=C\C/C=C\C/C=C\CCCCCCCCCCCCC(=O)NC(COC1OC(CO)C(O)C(O)C1O)C(O)/C=C/CC/C=C/CCCCCCCCCCC. The van der Waals surface area contributed by atoms with Gasteiger partial charge in [-0.15, -0.1) is 0 Å². The van der Waals surface area contributed by atoms with Gasteiger partial charge in [0.2, 0.25) is 5.91 Å². The van der Waals surface area contributed by atoms with Crippen LogP contribution in [0.5, 0.6) is 0 Å². The second-order valence-electron chi connectivity index (χ2n) is 19.7. The second kappa shape index (κ2) is 52.0. The molecule has 9 nitrogen and oxygen atoms in total. The minimum Gasteiger partial charge on any atom is -0.394 e. The Morgan fingerprint density at radius 2 is 0.863 bits per heavy atom. The third kappa shape index (κ3) is 41.5. The van der Waals surface area contributed by atoms with Gasteiger partial charge in [0.05, 0.1) is 25.4 Å². The molecule has 0 aromatic carbocycles. The summed E-state index contributed by atoms with van der Waals surface area (Å²) < 4.78 is 11.2. The van der Waals surface area contributed by atoms with E-state index in [1.54, 1.807) is 6.08 Å². The largest absolute Gasteiger partial charge is 0.394 e. The molecule has 0 aromatic rings. The number of allylic oxidation sites excluding steroid dienone is 19. The van der Waals surface area contributed by atoms with Crippen molar-refractivity contribution in [2.24, 2.45) is 0 Å². The van der Waals surface area contributed by atoms with Crippen molar-refractivity contribution in [1.29, 1.82) is 0 Å². The first-order valence-electron chi connectivity index (χ1n) is 29.3. The highest BCUT2D eigenvalue weighted by Crippen LogP contribution is 2.23. The summed E-state index contributed by atoms with van der Waals surface area (Å²) in [6, 6.07) is -0.832. The highest BCUT2D eigenvalue weighted by Gasteiger charge is 2.44. The zero-order valence-corrected chi connectivity index (χ0v) is 46.1. The Morgan fingerprint density at radius 1 is 0.479 bits per heavy atom. The van der Waals surface area contributed by atoms with Crippen molar-refractivity contribution in [2.45, 2.75) is 262 Å². The smallest absolute Gasteiger partial charge is 0.220 e. The van der Waals surface area contributed by atoms with Crippen molar-refractivity contribution in [2.75, 3.05) is 13.2 Å². The number of aliphatic hydroxyl groups is 5. The van der Waals surface area contributed by atoms with Crippen molar-refractivity contribution in [3.05, 3.63) is 122 Å². The molecule has 9 heteroatoms. The van der Waals surface area contributed by atoms with Crippen LogP contribution in [-0.2, 0) is 14.3 Å². The summed E-state index contributed by atoms with van der Waals surface area (Å²) in [5, 5.41) is 54.4. The van der Waals surface area contributed by atoms with Crippen LogP contribution in [0.3, 0.4) is 0 Å². The van der Waals surface area contributed by atoms with Crippen LogP contribution in [0.15, 0.2) is 122 Å². The van der Waals surface area contributed by atoms with Gasteiger partial charge in [-0.25, -0.2) is 0 Å². The summed E-state index contributed by atoms with van der Waals surface area (Å²) in [7, 11) is 0. The molecule has 0 aliphatic carbocycles. The third-order valence-corrected chi connectivity index (χ3v) is 13.0. The van der Waals surface area contributed by atoms with Crippen LogP contribution in [0, 0.1) is 0 Å². The van der Waals surface area contributed by atoms with Crippen molar-refractivity contribution in [1.82, 2.24) is 5.32 Å². The Balaban J connectivity index is 2.20. The van der Waals surface area contributed by atoms with E-state index in [1.807, 2.05) is 6.08 Å². The molecule has 0 aromatic heterocycles. The van der Waals surface area contributed by atoms with Crippen LogP contribution < -0.4 is 5.32 Å². The Morgan fingerprint density at radius 3 is 1.32 bits per heavy atom. The lowest BCUT2D eigenvalue weighted by Crippen LogP contribution is -2.60. The van der Waals surface area contributed by atoms with Crippen LogP contribution in [0.25, 0.3) is 0 Å². The van der Waals surface area contributed by atoms with Crippen molar-refractivity contribution in [3.63, 3.8) is 0 Å². The standard InChI is InChI=1S/C64H107NO8/c1-3-5-7-9-11-13-15-17-19-20-21-22-23-24-25-26-27-28-29-30-31-32-33-34-35-36-37-38-40-42-44-46-48-50-52-54-60(68)65-57(56-72-64-63(71)62(70)61(69)59(55-66)73-64)58(67)53-51-49-47-45-43-41-39-18-16-14-12-10-8-6-4-2/h5,7,11,13,17,19,21-22,24-25,27-28,30-31,33-34,43,45,51,53,57-59,61-64,66-67,69-71H,3-4,6,8-10,12,14-16,18,20,23,26,29,32,35-42,44,46-50,52,54-56H2,1-2H3,(H,65,68)/b7-5-,13-11-,19-17-,22-21-,25-24-,28-27-,31-30-,34-33-,45-43+,53-51+. The second-order valence-corrected chi connectivity index (χ2v) is 19.7. The fourth-order valence-electron chi connectivity index (χ4n) is 8.42. The first-order valence-corrected chi connectivity index (χ1v) is 29.3. The van der Waals surface area contributed by atoms with Gasteiger partial charge in [0.1, 0.15) is 24.4 Å². The number of nitrogens with one attached hydrogen (secondary N) is 1. The molecule has 1 rings (SSSR count). The predicted octanol–water partition coefficient (Wildman–Crippen LogP) is 14.7. The fourth-order valence-corrected chi connectivity index (χ4v) is 8.42. The lowest BCUT2D eigenvalue weighted by molar-refractivity contribution is -0.302. The van der Waals surface area contributed by atoms with Crippen LogP contribution >= 0.6 is 0 Å². The van der Waals surface area contributed by atoms with E-state index in [4.69, 9.17) is 9.47 Å². The number of aliphatic hydroxyl groups excluding tert-OH is 5. The number of rotatable bonds is 48. The molecule has 1 heterocycles. The molecule has 0 radical (unpaired) electrons. The van der Waals surface area contributed by atoms with E-state index in [0.29, 0.717) is 6.42 Å². The van der Waals surface area contributed by atoms with Crippen LogP contribution in [0.4, 0.5) is 0 Å². The minimum absolute atomic E-state index is 0.197. The monoisotopic (exact) mass is 1020 g/mol. The number of hydrogen-bond donors (Lipinski definition) is 6. The Kier molecular flexibility index (Phi) is 48.2. The van der Waals surface area contributed by atoms with Crippen molar-refractivity contribution < 1.29 is 39.8 Å². The summed E-state index contributed by atoms with van der Waals surface area (Å²) in [6.45, 7) is 3.63. The predicted molar refractivity (Wildman–Crippen MR) is 308 cm³/mol. The van der Waals surface area contributed by atoms with E-state index in [9.17, 15) is 30.3 Å². The van der Waals surface area contributed by atoms with E-state index in [0.717, 1.165) is 103 Å². The van der Waals surface area contributed by atoms with E-state index < -0.39 is 49.5 Å². The molecule has 1 fully saturated rings. The molecule has 0 spiro atoms. The van der Waals surface area contributed by atoms with Gasteiger partial charge in [-0.3, -0.25) is 4.79 Å². The average Bonchev–Trinajstić information content (AvgIpc) is 3.39. The summed E-state index contributed by atoms with van der Waals surface area (Å²) in [4.78, 5) is 13.0. The Bertz CT molecular complexity index is 1560. The Hall–Kier alpha value is -3.41. The maximum absolute atomic E-state index is 13.0. The number of unbranched alkanes of at least 4 members (excludes halogenated alkanes) is 20. The average molecular weight is 1020 g/mol. The number of carbonyl (C=O) groups excluding carboxylic acids is 1. The maximum Gasteiger partial charge on any atom is 0.220 e. The fraction of sp³-hybridized carbons (Fsp3) is 0.672. The number of hydrogen-bond acceptors (Lipinski definition) is 8. The van der Waals surface area contributed by atoms with Crippen molar-refractivity contribution in [3.8, 4) is 0 Å². The minimum atomic E-state index is -1.58. The highest BCUT2D eigenvalue weighted by molar-refractivity contribution is 5.76. The quantitative estimate of drug-likeness (QED) is 0.0261. The molecule has 1 aliphatic rings. The van der Waals surface area contributed by atoms with Crippen LogP contribution in [0.2, 0.25) is 0 Å². The van der Waals surface area contributed by atoms with E-state index in [1.165, 1.54) is 96.3 Å². The van der Waals surface area contributed by atoms with Gasteiger partial charge in [-0.1, -0.05) is 238 Å². The lowest BCUT2D eigenvalue weighted by atomic mass is 9.99. The Labute approximate surface area is 446 Å². The topological polar surface area (TPSA) is 149 Å². The first kappa shape index (κ1) is 67.6. The molecule has 7 atom stereocenters. The third-order valence-electron chi connectivity index (χ3n) is 13.0. The van der Waals surface area contributed by atoms with Gasteiger partial charge in [-0.05, 0) is 96.3 Å². The maximum atomic E-state index is 13.0. The van der Waals surface area contributed by atoms with Gasteiger partial charge in [0.25, 0.3) is 0 Å². The number of ether oxygens (including phenoxy) is 2. The summed E-state index contributed by atoms with van der Waals surface area (Å²) >= 11 is 0. The van der Waals surface area contributed by atoms with Gasteiger partial charge in [-0.2, -0.15) is 0 Å². The number of amides is 1. The number of carbonyl (C=O) groups is 1. The lowest BCUT2D eigenvalue weighted by Gasteiger charge is -2.40. The van der Waals surface area contributed by atoms with Gasteiger partial charge in [0, 0.05) is 6.42 Å². The summed E-state index contributed by atoms with van der Waals surface area (Å²) in [5.74, 6) is -0.197. The van der Waals surface area contributed by atoms with Gasteiger partial charge in [0.15, 0.2) is 6.29 Å². The molecule has 1 aliphatic heterocycles. The first-order chi connectivity index (χ1) is 35.8. The zero-order chi connectivity index (χ0) is 52.9. The molecule has 416 valence electrons. The highest BCUT2D eigenvalue weighted by atomic mass is 16.7. The molecule has 1 saturated heterocycles. The molecule has 6 N–H and O–H groups in total.